The van der Waals surface area contributed by atoms with E-state index < -0.39 is 0 Å². The van der Waals surface area contributed by atoms with Crippen LogP contribution in [0.5, 0.6) is 0 Å². The number of aliphatic imine (C=N–C) groups is 2. The van der Waals surface area contributed by atoms with E-state index in [1.54, 1.807) is 0 Å². The summed E-state index contributed by atoms with van der Waals surface area (Å²) in [4.78, 5) is 24.0. The SMILES string of the molecule is O=C(N=C1N=C2C=CC(Br)=CN2Cc2ccccc21)C1CCCCC1. The summed E-state index contributed by atoms with van der Waals surface area (Å²) in [7, 11) is 0. The molecular weight excluding hydrogens is 378 g/mol. The van der Waals surface area contributed by atoms with Gasteiger partial charge in [-0.2, -0.15) is 4.99 Å². The predicted octanol–water partition coefficient (Wildman–Crippen LogP) is 4.56. The number of nitrogens with zero attached hydrogens (tertiary/aromatic N) is 3. The number of fused-ring (bicyclic) bond motifs is 2. The molecular formula is C20H20BrN3O. The molecule has 1 aromatic rings. The second kappa shape index (κ2) is 7.08. The van der Waals surface area contributed by atoms with Crippen LogP contribution in [-0.4, -0.2) is 22.5 Å². The molecule has 4 rings (SSSR count). The van der Waals surface area contributed by atoms with Crippen molar-refractivity contribution in [2.45, 2.75) is 38.6 Å². The zero-order valence-corrected chi connectivity index (χ0v) is 15.6. The fraction of sp³-hybridized carbons (Fsp3) is 0.350. The van der Waals surface area contributed by atoms with Crippen molar-refractivity contribution in [2.75, 3.05) is 0 Å². The maximum Gasteiger partial charge on any atom is 0.250 e. The number of rotatable bonds is 1. The first-order chi connectivity index (χ1) is 12.2. The summed E-state index contributed by atoms with van der Waals surface area (Å²) in [5.74, 6) is 1.40. The van der Waals surface area contributed by atoms with E-state index in [9.17, 15) is 4.79 Å². The Morgan fingerprint density at radius 3 is 2.80 bits per heavy atom. The zero-order chi connectivity index (χ0) is 17.2. The van der Waals surface area contributed by atoms with Gasteiger partial charge in [-0.1, -0.05) is 43.5 Å². The van der Waals surface area contributed by atoms with E-state index >= 15 is 0 Å². The Morgan fingerprint density at radius 1 is 1.16 bits per heavy atom. The Hall–Kier alpha value is -2.01. The van der Waals surface area contributed by atoms with Crippen molar-refractivity contribution < 1.29 is 4.79 Å². The van der Waals surface area contributed by atoms with Crippen LogP contribution in [-0.2, 0) is 11.3 Å². The number of carbonyl (C=O) groups excluding carboxylic acids is 1. The number of hydrogen-bond acceptors (Lipinski definition) is 2. The minimum absolute atomic E-state index is 0.0150. The van der Waals surface area contributed by atoms with E-state index in [1.807, 2.05) is 36.6 Å². The molecule has 3 aliphatic rings. The molecule has 25 heavy (non-hydrogen) atoms. The molecule has 1 aliphatic carbocycles. The van der Waals surface area contributed by atoms with Crippen molar-refractivity contribution in [3.63, 3.8) is 0 Å². The number of hydrogen-bond donors (Lipinski definition) is 0. The van der Waals surface area contributed by atoms with Crippen molar-refractivity contribution >= 4 is 33.5 Å². The lowest BCUT2D eigenvalue weighted by Gasteiger charge is -2.21. The highest BCUT2D eigenvalue weighted by molar-refractivity contribution is 9.11. The average Bonchev–Trinajstić information content (AvgIpc) is 2.79. The van der Waals surface area contributed by atoms with Crippen LogP contribution in [0.15, 0.2) is 57.1 Å². The lowest BCUT2D eigenvalue weighted by molar-refractivity contribution is -0.122. The third kappa shape index (κ3) is 3.52. The Balaban J connectivity index is 1.74. The fourth-order valence-electron chi connectivity index (χ4n) is 3.60. The van der Waals surface area contributed by atoms with Crippen molar-refractivity contribution in [1.82, 2.24) is 4.90 Å². The molecule has 0 radical (unpaired) electrons. The molecule has 1 aromatic carbocycles. The van der Waals surface area contributed by atoms with Crippen LogP contribution in [0.3, 0.4) is 0 Å². The van der Waals surface area contributed by atoms with E-state index in [-0.39, 0.29) is 11.8 Å². The van der Waals surface area contributed by atoms with Crippen LogP contribution in [0.1, 0.15) is 43.2 Å². The lowest BCUT2D eigenvalue weighted by Crippen LogP contribution is -2.25. The summed E-state index contributed by atoms with van der Waals surface area (Å²) in [6.07, 6.45) is 11.3. The highest BCUT2D eigenvalue weighted by Gasteiger charge is 2.24. The van der Waals surface area contributed by atoms with Gasteiger partial charge in [-0.05, 0) is 46.5 Å². The second-order valence-corrected chi connectivity index (χ2v) is 7.63. The maximum absolute atomic E-state index is 12.7. The largest absolute Gasteiger partial charge is 0.327 e. The first-order valence-electron chi connectivity index (χ1n) is 8.82. The first-order valence-corrected chi connectivity index (χ1v) is 9.61. The monoisotopic (exact) mass is 397 g/mol. The number of allylic oxidation sites excluding steroid dienone is 2. The molecule has 0 N–H and O–H groups in total. The summed E-state index contributed by atoms with van der Waals surface area (Å²) >= 11 is 3.52. The average molecular weight is 398 g/mol. The molecule has 0 saturated heterocycles. The van der Waals surface area contributed by atoms with Crippen molar-refractivity contribution in [2.24, 2.45) is 15.9 Å². The fourth-order valence-corrected chi connectivity index (χ4v) is 3.97. The van der Waals surface area contributed by atoms with Crippen molar-refractivity contribution in [3.8, 4) is 0 Å². The van der Waals surface area contributed by atoms with Gasteiger partial charge in [0.1, 0.15) is 5.84 Å². The van der Waals surface area contributed by atoms with Gasteiger partial charge in [-0.25, -0.2) is 4.99 Å². The van der Waals surface area contributed by atoms with Crippen LogP contribution in [0.4, 0.5) is 0 Å². The van der Waals surface area contributed by atoms with E-state index in [4.69, 9.17) is 4.99 Å². The lowest BCUT2D eigenvalue weighted by atomic mass is 9.89. The Bertz CT molecular complexity index is 816. The minimum Gasteiger partial charge on any atom is -0.327 e. The Kier molecular flexibility index (Phi) is 4.66. The topological polar surface area (TPSA) is 45.0 Å². The molecule has 0 atom stereocenters. The number of amides is 1. The van der Waals surface area contributed by atoms with Crippen LogP contribution in [0.25, 0.3) is 0 Å². The van der Waals surface area contributed by atoms with Crippen LogP contribution in [0, 0.1) is 5.92 Å². The third-order valence-corrected chi connectivity index (χ3v) is 5.42. The van der Waals surface area contributed by atoms with Gasteiger partial charge in [0.15, 0.2) is 5.84 Å². The standard InChI is InChI=1S/C20H20BrN3O/c21-16-10-11-18-22-19(23-20(25)14-6-2-1-3-7-14)17-9-5-4-8-15(17)12-24(18)13-16/h4-5,8-11,13-14H,1-3,6-7,12H2. The minimum atomic E-state index is -0.0150. The van der Waals surface area contributed by atoms with Crippen LogP contribution < -0.4 is 0 Å². The van der Waals surface area contributed by atoms with Crippen LogP contribution >= 0.6 is 15.9 Å². The van der Waals surface area contributed by atoms with E-state index in [2.05, 4.69) is 31.9 Å². The third-order valence-electron chi connectivity index (χ3n) is 4.95. The second-order valence-electron chi connectivity index (χ2n) is 6.71. The van der Waals surface area contributed by atoms with Gasteiger partial charge in [-0.3, -0.25) is 4.79 Å². The van der Waals surface area contributed by atoms with Gasteiger partial charge in [0.2, 0.25) is 0 Å². The van der Waals surface area contributed by atoms with Crippen molar-refractivity contribution in [1.29, 1.82) is 0 Å². The summed E-state index contributed by atoms with van der Waals surface area (Å²) in [6, 6.07) is 8.08. The molecule has 0 unspecified atom stereocenters. The van der Waals surface area contributed by atoms with Gasteiger partial charge in [0.05, 0.1) is 0 Å². The zero-order valence-electron chi connectivity index (χ0n) is 14.0. The number of benzene rings is 1. The molecule has 1 fully saturated rings. The van der Waals surface area contributed by atoms with Gasteiger partial charge in [0, 0.05) is 28.7 Å². The molecule has 1 saturated carbocycles. The summed E-state index contributed by atoms with van der Waals surface area (Å²) < 4.78 is 1.00. The van der Waals surface area contributed by atoms with Crippen LogP contribution in [0.2, 0.25) is 0 Å². The highest BCUT2D eigenvalue weighted by atomic mass is 79.9. The molecule has 2 aliphatic heterocycles. The Morgan fingerprint density at radius 2 is 1.96 bits per heavy atom. The van der Waals surface area contributed by atoms with Gasteiger partial charge >= 0.3 is 0 Å². The van der Waals surface area contributed by atoms with E-state index in [0.717, 1.165) is 47.1 Å². The smallest absolute Gasteiger partial charge is 0.250 e. The summed E-state index contributed by atoms with van der Waals surface area (Å²) in [6.45, 7) is 0.713. The predicted molar refractivity (Wildman–Crippen MR) is 104 cm³/mol. The van der Waals surface area contributed by atoms with Gasteiger partial charge < -0.3 is 4.90 Å². The van der Waals surface area contributed by atoms with Crippen molar-refractivity contribution in [3.05, 3.63) is 58.2 Å². The molecule has 0 aromatic heterocycles. The highest BCUT2D eigenvalue weighted by Crippen LogP contribution is 2.27. The van der Waals surface area contributed by atoms with Gasteiger partial charge in [0.25, 0.3) is 5.91 Å². The normalized spacial score (nSPS) is 22.0. The Labute approximate surface area is 156 Å². The summed E-state index contributed by atoms with van der Waals surface area (Å²) in [5.41, 5.74) is 2.08. The molecule has 2 heterocycles. The number of halogens is 1. The van der Waals surface area contributed by atoms with Gasteiger partial charge in [-0.15, -0.1) is 0 Å². The molecule has 0 bridgehead atoms. The first kappa shape index (κ1) is 16.5. The quantitative estimate of drug-likeness (QED) is 0.696. The van der Waals surface area contributed by atoms with E-state index in [0.29, 0.717) is 12.4 Å². The number of carbonyl (C=O) groups is 1. The van der Waals surface area contributed by atoms with E-state index in [1.165, 1.54) is 6.42 Å². The molecule has 5 heteroatoms. The molecule has 0 spiro atoms. The molecule has 1 amide bonds. The molecule has 128 valence electrons. The summed E-state index contributed by atoms with van der Waals surface area (Å²) in [5, 5.41) is 0. The molecule has 4 nitrogen and oxygen atoms in total. The number of amidine groups is 2. The maximum atomic E-state index is 12.7.